The van der Waals surface area contributed by atoms with Crippen LogP contribution in [0.4, 0.5) is 5.95 Å². The largest absolute Gasteiger partial charge is 0.350 e. The van der Waals surface area contributed by atoms with Gasteiger partial charge in [-0.1, -0.05) is 20.8 Å². The molecule has 3 rings (SSSR count). The van der Waals surface area contributed by atoms with Gasteiger partial charge in [-0.25, -0.2) is 4.98 Å². The summed E-state index contributed by atoms with van der Waals surface area (Å²) >= 11 is 1.78. The number of amides is 2. The van der Waals surface area contributed by atoms with Crippen molar-refractivity contribution in [1.82, 2.24) is 15.3 Å². The number of benzene rings is 1. The van der Waals surface area contributed by atoms with Gasteiger partial charge in [0.25, 0.3) is 11.8 Å². The number of imidazole rings is 1. The number of aromatic amines is 1. The van der Waals surface area contributed by atoms with Crippen molar-refractivity contribution in [2.75, 3.05) is 17.7 Å². The summed E-state index contributed by atoms with van der Waals surface area (Å²) in [4.78, 5) is 33.4. The lowest BCUT2D eigenvalue weighted by Crippen LogP contribution is -2.55. The molecule has 8 nitrogen and oxygen atoms in total. The Balaban J connectivity index is 1.57. The molecule has 1 aliphatic heterocycles. The van der Waals surface area contributed by atoms with Crippen molar-refractivity contribution in [3.05, 3.63) is 30.5 Å². The van der Waals surface area contributed by atoms with E-state index in [9.17, 15) is 9.59 Å². The minimum atomic E-state index is -0.838. The van der Waals surface area contributed by atoms with Crippen LogP contribution >= 0.6 is 11.8 Å². The number of rotatable bonds is 7. The van der Waals surface area contributed by atoms with Gasteiger partial charge in [-0.15, -0.1) is 11.8 Å². The van der Waals surface area contributed by atoms with E-state index in [1.807, 2.05) is 32.0 Å². The van der Waals surface area contributed by atoms with Crippen molar-refractivity contribution in [2.24, 2.45) is 5.41 Å². The lowest BCUT2D eigenvalue weighted by molar-refractivity contribution is -0.303. The summed E-state index contributed by atoms with van der Waals surface area (Å²) in [5, 5.41) is 5.30. The van der Waals surface area contributed by atoms with Crippen LogP contribution in [0.1, 0.15) is 41.0 Å². The fraction of sp³-hybridized carbons (Fsp3) is 0.500. The van der Waals surface area contributed by atoms with Crippen LogP contribution in [0.15, 0.2) is 35.4 Å². The van der Waals surface area contributed by atoms with E-state index < -0.39 is 23.2 Å². The van der Waals surface area contributed by atoms with Gasteiger partial charge in [0.15, 0.2) is 5.79 Å². The molecule has 31 heavy (non-hydrogen) atoms. The summed E-state index contributed by atoms with van der Waals surface area (Å²) in [6.07, 6.45) is 2.96. The molecule has 168 valence electrons. The second-order valence-electron chi connectivity index (χ2n) is 8.62. The molecule has 0 saturated carbocycles. The van der Waals surface area contributed by atoms with E-state index in [0.29, 0.717) is 12.6 Å². The molecule has 2 aromatic rings. The summed E-state index contributed by atoms with van der Waals surface area (Å²) in [6, 6.07) is 5.96. The molecule has 0 radical (unpaired) electrons. The Morgan fingerprint density at radius 1 is 1.32 bits per heavy atom. The number of ether oxygens (including phenoxy) is 2. The van der Waals surface area contributed by atoms with E-state index in [2.05, 4.69) is 27.5 Å². The number of H-pyrrole nitrogens is 1. The van der Waals surface area contributed by atoms with Crippen molar-refractivity contribution in [3.63, 3.8) is 0 Å². The maximum atomic E-state index is 12.6. The van der Waals surface area contributed by atoms with Gasteiger partial charge in [0, 0.05) is 22.6 Å². The number of nitrogens with zero attached hydrogens (tertiary/aromatic N) is 1. The number of hydrogen-bond acceptors (Lipinski definition) is 6. The van der Waals surface area contributed by atoms with Crippen molar-refractivity contribution >= 4 is 40.6 Å². The Morgan fingerprint density at radius 3 is 2.84 bits per heavy atom. The van der Waals surface area contributed by atoms with E-state index in [0.717, 1.165) is 28.1 Å². The zero-order valence-electron chi connectivity index (χ0n) is 18.6. The van der Waals surface area contributed by atoms with Gasteiger partial charge >= 0.3 is 0 Å². The molecule has 0 aliphatic carbocycles. The molecule has 1 aliphatic rings. The molecular formula is C22H30N4O4S. The number of carbonyl (C=O) groups is 2. The molecule has 3 N–H and O–H groups in total. The molecule has 1 aromatic heterocycles. The molecular weight excluding hydrogens is 416 g/mol. The molecule has 2 amide bonds. The number of carbonyl (C=O) groups excluding carboxylic acids is 2. The summed E-state index contributed by atoms with van der Waals surface area (Å²) < 4.78 is 11.4. The highest BCUT2D eigenvalue weighted by Crippen LogP contribution is 2.34. The fourth-order valence-electron chi connectivity index (χ4n) is 3.11. The lowest BCUT2D eigenvalue weighted by atomic mass is 9.85. The number of hydrogen-bond donors (Lipinski definition) is 3. The molecule has 0 spiro atoms. The summed E-state index contributed by atoms with van der Waals surface area (Å²) in [5.74, 6) is -0.176. The predicted octanol–water partition coefficient (Wildman–Crippen LogP) is 3.81. The van der Waals surface area contributed by atoms with Crippen LogP contribution in [-0.2, 0) is 19.1 Å². The second kappa shape index (κ2) is 9.42. The van der Waals surface area contributed by atoms with E-state index in [4.69, 9.17) is 9.47 Å². The van der Waals surface area contributed by atoms with Crippen molar-refractivity contribution in [1.29, 1.82) is 0 Å². The van der Waals surface area contributed by atoms with Gasteiger partial charge < -0.3 is 19.8 Å². The number of fused-ring (bicyclic) bond motifs is 1. The van der Waals surface area contributed by atoms with Crippen molar-refractivity contribution in [3.8, 4) is 0 Å². The van der Waals surface area contributed by atoms with Crippen LogP contribution in [0.2, 0.25) is 0 Å². The van der Waals surface area contributed by atoms with Gasteiger partial charge in [-0.2, -0.15) is 0 Å². The van der Waals surface area contributed by atoms with E-state index >= 15 is 0 Å². The van der Waals surface area contributed by atoms with Crippen LogP contribution < -0.4 is 10.6 Å². The maximum absolute atomic E-state index is 12.6. The Morgan fingerprint density at radius 2 is 2.10 bits per heavy atom. The summed E-state index contributed by atoms with van der Waals surface area (Å²) in [7, 11) is 0. The SMILES string of the molecule is CCCSc1ccc2nc(NC(=O)/C=C/NC(=O)C3OC(C)(C)OCC3(C)C)[nH]c2c1. The molecule has 9 heteroatoms. The number of nitrogens with one attached hydrogen (secondary N) is 3. The summed E-state index contributed by atoms with van der Waals surface area (Å²) in [6.45, 7) is 9.87. The molecule has 1 fully saturated rings. The smallest absolute Gasteiger partial charge is 0.253 e. The van der Waals surface area contributed by atoms with Gasteiger partial charge in [-0.05, 0) is 44.2 Å². The molecule has 1 aromatic carbocycles. The third-order valence-corrected chi connectivity index (χ3v) is 5.97. The second-order valence-corrected chi connectivity index (χ2v) is 9.79. The Hall–Kier alpha value is -2.36. The zero-order chi connectivity index (χ0) is 22.6. The first-order chi connectivity index (χ1) is 14.6. The Kier molecular flexibility index (Phi) is 7.08. The first kappa shape index (κ1) is 23.3. The van der Waals surface area contributed by atoms with Gasteiger partial charge in [0.05, 0.1) is 17.6 Å². The van der Waals surface area contributed by atoms with E-state index in [1.165, 1.54) is 12.3 Å². The monoisotopic (exact) mass is 446 g/mol. The first-order valence-corrected chi connectivity index (χ1v) is 11.3. The molecule has 2 heterocycles. The Labute approximate surface area is 186 Å². The highest BCUT2D eigenvalue weighted by Gasteiger charge is 2.45. The topological polar surface area (TPSA) is 105 Å². The minimum absolute atomic E-state index is 0.328. The van der Waals surface area contributed by atoms with Crippen LogP contribution in [0.5, 0.6) is 0 Å². The summed E-state index contributed by atoms with van der Waals surface area (Å²) in [5.41, 5.74) is 1.14. The maximum Gasteiger partial charge on any atom is 0.253 e. The molecule has 1 atom stereocenters. The van der Waals surface area contributed by atoms with Crippen LogP contribution in [0.3, 0.4) is 0 Å². The van der Waals surface area contributed by atoms with Crippen LogP contribution in [0, 0.1) is 5.41 Å². The molecule has 1 saturated heterocycles. The highest BCUT2D eigenvalue weighted by molar-refractivity contribution is 7.99. The van der Waals surface area contributed by atoms with E-state index in [1.54, 1.807) is 25.6 Å². The van der Waals surface area contributed by atoms with Crippen LogP contribution in [0.25, 0.3) is 11.0 Å². The molecule has 1 unspecified atom stereocenters. The lowest BCUT2D eigenvalue weighted by Gasteiger charge is -2.44. The standard InChI is InChI=1S/C22H30N4O4S/c1-6-11-31-14-7-8-15-16(12-14)25-20(24-15)26-17(27)9-10-23-19(28)18-21(2,3)13-29-22(4,5)30-18/h7-10,12,18H,6,11,13H2,1-5H3,(H,23,28)(H2,24,25,26,27)/b10-9+. The third-order valence-electron chi connectivity index (χ3n) is 4.77. The quantitative estimate of drug-likeness (QED) is 0.441. The van der Waals surface area contributed by atoms with Gasteiger partial charge in [0.1, 0.15) is 6.10 Å². The average molecular weight is 447 g/mol. The van der Waals surface area contributed by atoms with Crippen LogP contribution in [-0.4, -0.2) is 46.0 Å². The zero-order valence-corrected chi connectivity index (χ0v) is 19.4. The number of anilines is 1. The highest BCUT2D eigenvalue weighted by atomic mass is 32.2. The average Bonchev–Trinajstić information content (AvgIpc) is 3.09. The third kappa shape index (κ3) is 6.09. The van der Waals surface area contributed by atoms with Gasteiger partial charge in [0.2, 0.25) is 5.95 Å². The van der Waals surface area contributed by atoms with E-state index in [-0.39, 0.29) is 5.91 Å². The minimum Gasteiger partial charge on any atom is -0.350 e. The normalized spacial score (nSPS) is 20.1. The Bertz CT molecular complexity index is 983. The number of aromatic nitrogens is 2. The van der Waals surface area contributed by atoms with Crippen molar-refractivity contribution in [2.45, 2.75) is 57.8 Å². The molecule has 0 bridgehead atoms. The van der Waals surface area contributed by atoms with Gasteiger partial charge in [-0.3, -0.25) is 14.9 Å². The fourth-order valence-corrected chi connectivity index (χ4v) is 3.92. The predicted molar refractivity (Wildman–Crippen MR) is 122 cm³/mol. The van der Waals surface area contributed by atoms with Crippen molar-refractivity contribution < 1.29 is 19.1 Å². The number of thioether (sulfide) groups is 1. The first-order valence-electron chi connectivity index (χ1n) is 10.3.